The van der Waals surface area contributed by atoms with Crippen molar-refractivity contribution in [1.29, 1.82) is 0 Å². The summed E-state index contributed by atoms with van der Waals surface area (Å²) in [4.78, 5) is 25.6. The van der Waals surface area contributed by atoms with E-state index in [0.717, 1.165) is 23.2 Å². The molecule has 0 radical (unpaired) electrons. The Hall–Kier alpha value is -2.91. The molecule has 0 unspecified atom stereocenters. The highest BCUT2D eigenvalue weighted by Gasteiger charge is 2.23. The highest BCUT2D eigenvalue weighted by molar-refractivity contribution is 7.90. The third-order valence-corrected chi connectivity index (χ3v) is 5.71. The van der Waals surface area contributed by atoms with Crippen molar-refractivity contribution in [2.24, 2.45) is 0 Å². The van der Waals surface area contributed by atoms with E-state index in [9.17, 15) is 17.6 Å². The van der Waals surface area contributed by atoms with Crippen LogP contribution in [0.25, 0.3) is 11.3 Å². The number of nitrogens with zero attached hydrogens (tertiary/aromatic N) is 3. The average molecular weight is 414 g/mol. The minimum Gasteiger partial charge on any atom is -0.297 e. The second kappa shape index (κ2) is 7.49. The summed E-state index contributed by atoms with van der Waals surface area (Å²) >= 11 is 0. The fraction of sp³-hybridized carbons (Fsp3) is 0.250. The molecule has 0 bridgehead atoms. The predicted molar refractivity (Wildman–Crippen MR) is 105 cm³/mol. The molecule has 1 aliphatic rings. The summed E-state index contributed by atoms with van der Waals surface area (Å²) in [6.45, 7) is 1.53. The van der Waals surface area contributed by atoms with E-state index in [1.54, 1.807) is 12.1 Å². The number of halogens is 1. The van der Waals surface area contributed by atoms with Gasteiger partial charge in [-0.3, -0.25) is 19.7 Å². The number of aromatic nitrogens is 3. The number of hydrogen-bond donors (Lipinski definition) is 1. The molecule has 1 aromatic carbocycles. The van der Waals surface area contributed by atoms with Gasteiger partial charge in [0.05, 0.1) is 22.6 Å². The van der Waals surface area contributed by atoms with Gasteiger partial charge in [0.25, 0.3) is 5.56 Å². The lowest BCUT2D eigenvalue weighted by molar-refractivity contribution is 0.238. The number of hydrogen-bond acceptors (Lipinski definition) is 6. The molecule has 150 valence electrons. The van der Waals surface area contributed by atoms with Crippen LogP contribution in [0.5, 0.6) is 0 Å². The molecule has 9 heteroatoms. The molecule has 2 aromatic heterocycles. The monoisotopic (exact) mass is 414 g/mol. The molecular formula is C20H19FN4O3S. The van der Waals surface area contributed by atoms with Crippen LogP contribution in [0.2, 0.25) is 0 Å². The van der Waals surface area contributed by atoms with Crippen molar-refractivity contribution in [3.05, 3.63) is 75.6 Å². The molecule has 0 amide bonds. The van der Waals surface area contributed by atoms with Crippen LogP contribution in [0.3, 0.4) is 0 Å². The minimum absolute atomic E-state index is 0.289. The maximum atomic E-state index is 13.1. The van der Waals surface area contributed by atoms with Crippen molar-refractivity contribution in [1.82, 2.24) is 19.9 Å². The van der Waals surface area contributed by atoms with Crippen LogP contribution >= 0.6 is 0 Å². The number of benzene rings is 1. The summed E-state index contributed by atoms with van der Waals surface area (Å²) in [6, 6.07) is 11.8. The Morgan fingerprint density at radius 3 is 2.62 bits per heavy atom. The van der Waals surface area contributed by atoms with E-state index in [-0.39, 0.29) is 11.0 Å². The molecule has 3 heterocycles. The first-order valence-corrected chi connectivity index (χ1v) is 10.9. The van der Waals surface area contributed by atoms with Crippen LogP contribution in [-0.2, 0) is 29.3 Å². The smallest absolute Gasteiger partial charge is 0.256 e. The molecule has 3 aromatic rings. The summed E-state index contributed by atoms with van der Waals surface area (Å²) in [5.74, 6) is -0.297. The molecule has 0 aliphatic carbocycles. The maximum absolute atomic E-state index is 13.1. The van der Waals surface area contributed by atoms with Crippen molar-refractivity contribution < 1.29 is 12.8 Å². The summed E-state index contributed by atoms with van der Waals surface area (Å²) in [7, 11) is -3.57. The second-order valence-corrected chi connectivity index (χ2v) is 8.98. The molecule has 1 N–H and O–H groups in total. The van der Waals surface area contributed by atoms with Gasteiger partial charge in [0.15, 0.2) is 0 Å². The van der Waals surface area contributed by atoms with E-state index in [4.69, 9.17) is 0 Å². The van der Waals surface area contributed by atoms with Gasteiger partial charge >= 0.3 is 0 Å². The fourth-order valence-corrected chi connectivity index (χ4v) is 3.90. The van der Waals surface area contributed by atoms with Gasteiger partial charge in [-0.25, -0.2) is 17.8 Å². The number of nitrogens with one attached hydrogen (secondary N) is 1. The minimum atomic E-state index is -3.57. The molecule has 0 saturated carbocycles. The average Bonchev–Trinajstić information content (AvgIpc) is 2.68. The number of rotatable bonds is 4. The van der Waals surface area contributed by atoms with Crippen LogP contribution in [0.15, 0.2) is 52.4 Å². The highest BCUT2D eigenvalue weighted by Crippen LogP contribution is 2.20. The number of sulfone groups is 1. The van der Waals surface area contributed by atoms with Crippen molar-refractivity contribution in [3.63, 3.8) is 0 Å². The Morgan fingerprint density at radius 1 is 1.14 bits per heavy atom. The largest absolute Gasteiger partial charge is 0.297 e. The lowest BCUT2D eigenvalue weighted by Crippen LogP contribution is -2.36. The Balaban J connectivity index is 1.55. The zero-order valence-electron chi connectivity index (χ0n) is 15.7. The van der Waals surface area contributed by atoms with E-state index in [0.29, 0.717) is 37.3 Å². The molecule has 4 rings (SSSR count). The normalized spacial score (nSPS) is 14.6. The molecule has 0 atom stereocenters. The van der Waals surface area contributed by atoms with E-state index >= 15 is 0 Å². The van der Waals surface area contributed by atoms with E-state index in [1.807, 2.05) is 18.2 Å². The van der Waals surface area contributed by atoms with E-state index in [1.165, 1.54) is 12.1 Å². The van der Waals surface area contributed by atoms with Gasteiger partial charge in [0.2, 0.25) is 15.0 Å². The van der Waals surface area contributed by atoms with E-state index in [2.05, 4.69) is 19.9 Å². The third kappa shape index (κ3) is 4.25. The van der Waals surface area contributed by atoms with Crippen LogP contribution in [0.4, 0.5) is 4.39 Å². The van der Waals surface area contributed by atoms with Crippen molar-refractivity contribution >= 4 is 9.84 Å². The van der Waals surface area contributed by atoms with E-state index < -0.39 is 15.4 Å². The highest BCUT2D eigenvalue weighted by atomic mass is 32.2. The maximum Gasteiger partial charge on any atom is 0.256 e. The van der Waals surface area contributed by atoms with Crippen molar-refractivity contribution in [3.8, 4) is 11.3 Å². The standard InChI is InChI=1S/C20H19FN4O3S/c1-29(27,28)20-23-18-9-10-25(12-16(18)19(26)24-20)11-15-3-2-4-17(22-15)13-5-7-14(21)8-6-13/h2-8H,9-12H2,1H3,(H,23,24,26). The number of pyridine rings is 1. The number of H-pyrrole nitrogens is 1. The first kappa shape index (κ1) is 19.4. The Morgan fingerprint density at radius 2 is 1.90 bits per heavy atom. The molecule has 0 spiro atoms. The summed E-state index contributed by atoms with van der Waals surface area (Å²) in [5, 5.41) is -0.289. The van der Waals surface area contributed by atoms with Crippen LogP contribution < -0.4 is 5.56 Å². The lowest BCUT2D eigenvalue weighted by atomic mass is 10.1. The van der Waals surface area contributed by atoms with Crippen molar-refractivity contribution in [2.75, 3.05) is 12.8 Å². The molecule has 29 heavy (non-hydrogen) atoms. The molecule has 0 fully saturated rings. The quantitative estimate of drug-likeness (QED) is 0.656. The summed E-state index contributed by atoms with van der Waals surface area (Å²) in [6.07, 6.45) is 1.51. The molecular weight excluding hydrogens is 395 g/mol. The zero-order chi connectivity index (χ0) is 20.6. The molecule has 1 aliphatic heterocycles. The van der Waals surface area contributed by atoms with Gasteiger partial charge in [-0.15, -0.1) is 0 Å². The second-order valence-electron chi connectivity index (χ2n) is 7.05. The Bertz CT molecular complexity index is 1220. The lowest BCUT2D eigenvalue weighted by Gasteiger charge is -2.27. The van der Waals surface area contributed by atoms with Gasteiger partial charge < -0.3 is 0 Å². The first-order chi connectivity index (χ1) is 13.8. The number of aromatic amines is 1. The van der Waals surface area contributed by atoms with Gasteiger partial charge in [-0.05, 0) is 36.4 Å². The van der Waals surface area contributed by atoms with Gasteiger partial charge in [-0.1, -0.05) is 6.07 Å². The molecule has 7 nitrogen and oxygen atoms in total. The van der Waals surface area contributed by atoms with Crippen LogP contribution in [0, 0.1) is 5.82 Å². The van der Waals surface area contributed by atoms with Crippen molar-refractivity contribution in [2.45, 2.75) is 24.7 Å². The van der Waals surface area contributed by atoms with Gasteiger partial charge in [0.1, 0.15) is 5.82 Å². The van der Waals surface area contributed by atoms with Gasteiger partial charge in [0, 0.05) is 37.9 Å². The fourth-order valence-electron chi connectivity index (χ4n) is 3.35. The molecule has 0 saturated heterocycles. The Kier molecular flexibility index (Phi) is 5.01. The SMILES string of the molecule is CS(=O)(=O)c1nc2c(c(=O)[nH]1)CN(Cc1cccc(-c3ccc(F)cc3)n1)CC2. The topological polar surface area (TPSA) is 96.0 Å². The third-order valence-electron chi connectivity index (χ3n) is 4.81. The van der Waals surface area contributed by atoms with Crippen LogP contribution in [0.1, 0.15) is 17.0 Å². The zero-order valence-corrected chi connectivity index (χ0v) is 16.5. The summed E-state index contributed by atoms with van der Waals surface area (Å²) in [5.41, 5.74) is 2.99. The predicted octanol–water partition coefficient (Wildman–Crippen LogP) is 1.93. The van der Waals surface area contributed by atoms with Gasteiger partial charge in [-0.2, -0.15) is 0 Å². The first-order valence-electron chi connectivity index (χ1n) is 9.06. The number of fused-ring (bicyclic) bond motifs is 1. The van der Waals surface area contributed by atoms with Crippen LogP contribution in [-0.4, -0.2) is 41.1 Å². The summed E-state index contributed by atoms with van der Waals surface area (Å²) < 4.78 is 36.5. The Labute approximate surface area is 167 Å².